The maximum absolute atomic E-state index is 6.33. The lowest BCUT2D eigenvalue weighted by atomic mass is 9.76. The highest BCUT2D eigenvalue weighted by Crippen LogP contribution is 2.48. The maximum atomic E-state index is 6.33. The number of hydrogen-bond donors (Lipinski definition) is 1. The van der Waals surface area contributed by atoms with Crippen molar-refractivity contribution in [3.05, 3.63) is 35.4 Å². The van der Waals surface area contributed by atoms with Gasteiger partial charge in [-0.3, -0.25) is 0 Å². The molecule has 0 atom stereocenters. The molecule has 0 amide bonds. The van der Waals surface area contributed by atoms with E-state index in [4.69, 9.17) is 5.73 Å². The van der Waals surface area contributed by atoms with Gasteiger partial charge in [-0.15, -0.1) is 0 Å². The zero-order valence-corrected chi connectivity index (χ0v) is 10.0. The molecule has 0 heterocycles. The van der Waals surface area contributed by atoms with Crippen molar-refractivity contribution < 1.29 is 0 Å². The second-order valence-corrected chi connectivity index (χ2v) is 5.33. The Morgan fingerprint density at radius 1 is 1.20 bits per heavy atom. The number of benzene rings is 1. The zero-order chi connectivity index (χ0) is 11.1. The van der Waals surface area contributed by atoms with Crippen molar-refractivity contribution in [2.24, 2.45) is 5.73 Å². The van der Waals surface area contributed by atoms with Crippen LogP contribution in [0.1, 0.15) is 44.7 Å². The van der Waals surface area contributed by atoms with E-state index >= 15 is 0 Å². The highest BCUT2D eigenvalue weighted by atomic mass is 14.9. The van der Waals surface area contributed by atoms with Gasteiger partial charge in [0, 0.05) is 11.0 Å². The lowest BCUT2D eigenvalue weighted by molar-refractivity contribution is 0.391. The Morgan fingerprint density at radius 2 is 1.73 bits per heavy atom. The molecule has 15 heavy (non-hydrogen) atoms. The molecule has 0 bridgehead atoms. The molecule has 2 rings (SSSR count). The molecular weight excluding hydrogens is 182 g/mol. The molecular formula is C14H21N. The lowest BCUT2D eigenvalue weighted by Gasteiger charge is -2.32. The van der Waals surface area contributed by atoms with Gasteiger partial charge in [-0.05, 0) is 30.4 Å². The summed E-state index contributed by atoms with van der Waals surface area (Å²) in [6.07, 6.45) is 3.43. The van der Waals surface area contributed by atoms with Gasteiger partial charge < -0.3 is 5.73 Å². The molecule has 82 valence electrons. The summed E-state index contributed by atoms with van der Waals surface area (Å²) >= 11 is 0. The van der Waals surface area contributed by atoms with Crippen molar-refractivity contribution in [3.63, 3.8) is 0 Å². The molecule has 1 fully saturated rings. The smallest absolute Gasteiger partial charge is 0.0248 e. The van der Waals surface area contributed by atoms with E-state index in [1.807, 2.05) is 0 Å². The van der Waals surface area contributed by atoms with Gasteiger partial charge >= 0.3 is 0 Å². The summed E-state index contributed by atoms with van der Waals surface area (Å²) in [5, 5.41) is 0. The van der Waals surface area contributed by atoms with Gasteiger partial charge in [-0.2, -0.15) is 0 Å². The average molecular weight is 203 g/mol. The molecule has 0 spiro atoms. The van der Waals surface area contributed by atoms with Gasteiger partial charge in [0.2, 0.25) is 0 Å². The Kier molecular flexibility index (Phi) is 2.38. The fourth-order valence-corrected chi connectivity index (χ4v) is 2.20. The van der Waals surface area contributed by atoms with Crippen molar-refractivity contribution in [1.29, 1.82) is 0 Å². The lowest BCUT2D eigenvalue weighted by Crippen LogP contribution is -2.43. The monoisotopic (exact) mass is 203 g/mol. The van der Waals surface area contributed by atoms with Crippen LogP contribution in [0.15, 0.2) is 24.3 Å². The van der Waals surface area contributed by atoms with E-state index in [0.717, 1.165) is 19.3 Å². The third kappa shape index (κ3) is 1.69. The molecule has 1 aliphatic rings. The van der Waals surface area contributed by atoms with Gasteiger partial charge in [0.05, 0.1) is 0 Å². The molecule has 1 saturated carbocycles. The van der Waals surface area contributed by atoms with Crippen molar-refractivity contribution >= 4 is 0 Å². The average Bonchev–Trinajstić information content (AvgIpc) is 2.98. The predicted octanol–water partition coefficient (Wildman–Crippen LogP) is 3.02. The first-order chi connectivity index (χ1) is 6.99. The maximum Gasteiger partial charge on any atom is 0.0248 e. The summed E-state index contributed by atoms with van der Waals surface area (Å²) in [4.78, 5) is 0. The van der Waals surface area contributed by atoms with E-state index in [0.29, 0.717) is 0 Å². The molecule has 1 heteroatoms. The fourth-order valence-electron chi connectivity index (χ4n) is 2.20. The summed E-state index contributed by atoms with van der Waals surface area (Å²) in [6.45, 7) is 6.72. The van der Waals surface area contributed by atoms with Gasteiger partial charge in [0.25, 0.3) is 0 Å². The second kappa shape index (κ2) is 3.34. The summed E-state index contributed by atoms with van der Waals surface area (Å²) in [5.41, 5.74) is 9.25. The van der Waals surface area contributed by atoms with E-state index in [2.05, 4.69) is 45.0 Å². The first-order valence-electron chi connectivity index (χ1n) is 5.88. The molecule has 0 aliphatic heterocycles. The molecule has 1 aromatic carbocycles. The normalized spacial score (nSPS) is 18.9. The number of nitrogens with two attached hydrogens (primary N) is 1. The van der Waals surface area contributed by atoms with Crippen LogP contribution in [0.2, 0.25) is 0 Å². The zero-order valence-electron chi connectivity index (χ0n) is 10.0. The van der Waals surface area contributed by atoms with Crippen LogP contribution in [0.3, 0.4) is 0 Å². The predicted molar refractivity (Wildman–Crippen MR) is 65.0 cm³/mol. The Bertz CT molecular complexity index is 344. The van der Waals surface area contributed by atoms with Crippen LogP contribution < -0.4 is 5.73 Å². The molecule has 0 saturated heterocycles. The molecule has 0 aromatic heterocycles. The number of hydrogen-bond acceptors (Lipinski definition) is 1. The van der Waals surface area contributed by atoms with Gasteiger partial charge in [-0.1, -0.05) is 45.0 Å². The van der Waals surface area contributed by atoms with Crippen LogP contribution in [-0.2, 0) is 11.8 Å². The van der Waals surface area contributed by atoms with Gasteiger partial charge in [0.15, 0.2) is 0 Å². The number of aryl methyl sites for hydroxylation is 1. The Morgan fingerprint density at radius 3 is 2.13 bits per heavy atom. The topological polar surface area (TPSA) is 26.0 Å². The molecule has 1 nitrogen and oxygen atoms in total. The van der Waals surface area contributed by atoms with E-state index in [9.17, 15) is 0 Å². The third-order valence-electron chi connectivity index (χ3n) is 4.12. The van der Waals surface area contributed by atoms with Crippen molar-refractivity contribution in [1.82, 2.24) is 0 Å². The fraction of sp³-hybridized carbons (Fsp3) is 0.571. The highest BCUT2D eigenvalue weighted by Gasteiger charge is 2.51. The van der Waals surface area contributed by atoms with E-state index in [1.165, 1.54) is 11.1 Å². The molecule has 2 N–H and O–H groups in total. The standard InChI is InChI=1S/C14H21N/c1-4-11-5-7-12(8-6-11)13(2,3)14(15)9-10-14/h5-8H,4,9-10,15H2,1-3H3. The van der Waals surface area contributed by atoms with Crippen LogP contribution in [-0.4, -0.2) is 5.54 Å². The van der Waals surface area contributed by atoms with Crippen molar-refractivity contribution in [2.75, 3.05) is 0 Å². The Labute approximate surface area is 92.7 Å². The summed E-state index contributed by atoms with van der Waals surface area (Å²) in [7, 11) is 0. The quantitative estimate of drug-likeness (QED) is 0.803. The van der Waals surface area contributed by atoms with Gasteiger partial charge in [-0.25, -0.2) is 0 Å². The van der Waals surface area contributed by atoms with Crippen LogP contribution in [0.25, 0.3) is 0 Å². The summed E-state index contributed by atoms with van der Waals surface area (Å²) in [5.74, 6) is 0. The minimum absolute atomic E-state index is 0.0424. The third-order valence-corrected chi connectivity index (χ3v) is 4.12. The summed E-state index contributed by atoms with van der Waals surface area (Å²) in [6, 6.07) is 8.93. The van der Waals surface area contributed by atoms with Gasteiger partial charge in [0.1, 0.15) is 0 Å². The Balaban J connectivity index is 2.29. The molecule has 0 radical (unpaired) electrons. The van der Waals surface area contributed by atoms with Crippen LogP contribution >= 0.6 is 0 Å². The first kappa shape index (κ1) is 10.7. The van der Waals surface area contributed by atoms with Crippen LogP contribution in [0.4, 0.5) is 0 Å². The largest absolute Gasteiger partial charge is 0.324 e. The van der Waals surface area contributed by atoms with Crippen molar-refractivity contribution in [3.8, 4) is 0 Å². The minimum Gasteiger partial charge on any atom is -0.324 e. The first-order valence-corrected chi connectivity index (χ1v) is 5.88. The molecule has 1 aromatic rings. The summed E-state index contributed by atoms with van der Waals surface area (Å²) < 4.78 is 0. The highest BCUT2D eigenvalue weighted by molar-refractivity contribution is 5.34. The minimum atomic E-state index is 0.0424. The SMILES string of the molecule is CCc1ccc(C(C)(C)C2(N)CC2)cc1. The second-order valence-electron chi connectivity index (χ2n) is 5.33. The van der Waals surface area contributed by atoms with Crippen LogP contribution in [0, 0.1) is 0 Å². The number of rotatable bonds is 3. The molecule has 1 aliphatic carbocycles. The van der Waals surface area contributed by atoms with E-state index in [-0.39, 0.29) is 11.0 Å². The molecule has 0 unspecified atom stereocenters. The van der Waals surface area contributed by atoms with Crippen molar-refractivity contribution in [2.45, 2.75) is 51.0 Å². The van der Waals surface area contributed by atoms with Crippen LogP contribution in [0.5, 0.6) is 0 Å². The van der Waals surface area contributed by atoms with E-state index in [1.54, 1.807) is 0 Å². The Hall–Kier alpha value is -0.820. The van der Waals surface area contributed by atoms with E-state index < -0.39 is 0 Å².